The van der Waals surface area contributed by atoms with Crippen LogP contribution in [0.2, 0.25) is 0 Å². The normalized spacial score (nSPS) is 14.2. The van der Waals surface area contributed by atoms with Gasteiger partial charge in [-0.15, -0.1) is 0 Å². The van der Waals surface area contributed by atoms with Crippen molar-refractivity contribution in [2.75, 3.05) is 6.54 Å². The van der Waals surface area contributed by atoms with Crippen LogP contribution in [-0.4, -0.2) is 28.4 Å². The maximum Gasteiger partial charge on any atom is 0.336 e. The zero-order valence-corrected chi connectivity index (χ0v) is 8.36. The summed E-state index contributed by atoms with van der Waals surface area (Å²) in [5, 5.41) is 8.96. The van der Waals surface area contributed by atoms with Crippen molar-refractivity contribution in [2.24, 2.45) is 0 Å². The third-order valence-corrected chi connectivity index (χ3v) is 2.65. The molecular formula is C11H11NO3. The van der Waals surface area contributed by atoms with E-state index in [2.05, 4.69) is 0 Å². The number of carboxylic acids is 1. The Balaban J connectivity index is 2.53. The quantitative estimate of drug-likeness (QED) is 0.793. The summed E-state index contributed by atoms with van der Waals surface area (Å²) in [5.74, 6) is -1.05. The number of carboxylic acid groups (broad SMARTS) is 1. The largest absolute Gasteiger partial charge is 0.478 e. The van der Waals surface area contributed by atoms with Gasteiger partial charge in [0.05, 0.1) is 5.56 Å². The monoisotopic (exact) mass is 205 g/mol. The van der Waals surface area contributed by atoms with Crippen LogP contribution < -0.4 is 0 Å². The second-order valence-electron chi connectivity index (χ2n) is 3.46. The lowest BCUT2D eigenvalue weighted by molar-refractivity contribution is 0.0692. The molecule has 0 aliphatic carbocycles. The van der Waals surface area contributed by atoms with Crippen molar-refractivity contribution < 1.29 is 14.7 Å². The van der Waals surface area contributed by atoms with Crippen LogP contribution in [0, 0.1) is 0 Å². The van der Waals surface area contributed by atoms with E-state index in [9.17, 15) is 9.59 Å². The van der Waals surface area contributed by atoms with Crippen LogP contribution in [0.25, 0.3) is 0 Å². The van der Waals surface area contributed by atoms with Gasteiger partial charge < -0.3 is 10.0 Å². The van der Waals surface area contributed by atoms with Gasteiger partial charge in [-0.3, -0.25) is 4.79 Å². The number of benzene rings is 1. The van der Waals surface area contributed by atoms with E-state index in [1.807, 2.05) is 6.92 Å². The maximum absolute atomic E-state index is 11.7. The molecule has 1 aromatic carbocycles. The first-order valence-electron chi connectivity index (χ1n) is 4.79. The van der Waals surface area contributed by atoms with E-state index in [1.165, 1.54) is 6.07 Å². The molecule has 15 heavy (non-hydrogen) atoms. The minimum absolute atomic E-state index is 0.0735. The van der Waals surface area contributed by atoms with Gasteiger partial charge in [-0.05, 0) is 24.6 Å². The standard InChI is InChI=1S/C11H11NO3/c1-2-12-6-9-7(10(12)13)4-3-5-8(9)11(14)15/h3-5H,2,6H2,1H3,(H,14,15). The molecule has 0 fully saturated rings. The Labute approximate surface area is 87.1 Å². The molecule has 0 unspecified atom stereocenters. The van der Waals surface area contributed by atoms with Gasteiger partial charge >= 0.3 is 5.97 Å². The second-order valence-corrected chi connectivity index (χ2v) is 3.46. The van der Waals surface area contributed by atoms with Gasteiger partial charge in [0, 0.05) is 18.7 Å². The van der Waals surface area contributed by atoms with Crippen LogP contribution in [0.4, 0.5) is 0 Å². The molecule has 2 rings (SSSR count). The number of aromatic carboxylic acids is 1. The van der Waals surface area contributed by atoms with Crippen molar-refractivity contribution in [1.29, 1.82) is 0 Å². The molecule has 0 spiro atoms. The summed E-state index contributed by atoms with van der Waals surface area (Å²) in [6.07, 6.45) is 0. The van der Waals surface area contributed by atoms with E-state index in [0.29, 0.717) is 24.2 Å². The summed E-state index contributed by atoms with van der Waals surface area (Å²) in [4.78, 5) is 24.3. The molecule has 78 valence electrons. The van der Waals surface area contributed by atoms with Gasteiger partial charge in [0.2, 0.25) is 0 Å². The van der Waals surface area contributed by atoms with E-state index < -0.39 is 5.97 Å². The smallest absolute Gasteiger partial charge is 0.336 e. The fourth-order valence-corrected chi connectivity index (χ4v) is 1.85. The molecule has 0 atom stereocenters. The summed E-state index contributed by atoms with van der Waals surface area (Å²) < 4.78 is 0. The molecule has 4 nitrogen and oxygen atoms in total. The summed E-state index contributed by atoms with van der Waals surface area (Å²) in [6, 6.07) is 4.83. The van der Waals surface area contributed by atoms with Crippen LogP contribution >= 0.6 is 0 Å². The van der Waals surface area contributed by atoms with Crippen molar-refractivity contribution in [1.82, 2.24) is 4.90 Å². The first kappa shape index (κ1) is 9.71. The second kappa shape index (κ2) is 3.38. The van der Waals surface area contributed by atoms with Crippen LogP contribution in [0.1, 0.15) is 33.2 Å². The third kappa shape index (κ3) is 1.38. The molecule has 1 amide bonds. The van der Waals surface area contributed by atoms with Gasteiger partial charge in [-0.25, -0.2) is 4.79 Å². The average Bonchev–Trinajstić information content (AvgIpc) is 2.55. The van der Waals surface area contributed by atoms with Crippen molar-refractivity contribution in [2.45, 2.75) is 13.5 Å². The Morgan fingerprint density at radius 2 is 2.27 bits per heavy atom. The molecule has 0 saturated heterocycles. The number of carbonyl (C=O) groups is 2. The SMILES string of the molecule is CCN1Cc2c(C(=O)O)cccc2C1=O. The Bertz CT molecular complexity index is 439. The van der Waals surface area contributed by atoms with Gasteiger partial charge in [-0.1, -0.05) is 6.07 Å². The fourth-order valence-electron chi connectivity index (χ4n) is 1.85. The first-order valence-corrected chi connectivity index (χ1v) is 4.79. The van der Waals surface area contributed by atoms with Gasteiger partial charge in [0.1, 0.15) is 0 Å². The number of nitrogens with zero attached hydrogens (tertiary/aromatic N) is 1. The Hall–Kier alpha value is -1.84. The lowest BCUT2D eigenvalue weighted by Gasteiger charge is -2.11. The summed E-state index contributed by atoms with van der Waals surface area (Å²) >= 11 is 0. The molecule has 0 bridgehead atoms. The molecule has 0 radical (unpaired) electrons. The Morgan fingerprint density at radius 3 is 2.87 bits per heavy atom. The molecule has 0 aromatic heterocycles. The molecule has 1 aliphatic rings. The summed E-state index contributed by atoms with van der Waals surface area (Å²) in [5.41, 5.74) is 1.39. The number of hydrogen-bond donors (Lipinski definition) is 1. The Morgan fingerprint density at radius 1 is 1.53 bits per heavy atom. The van der Waals surface area contributed by atoms with Gasteiger partial charge in [-0.2, -0.15) is 0 Å². The first-order chi connectivity index (χ1) is 7.15. The highest BCUT2D eigenvalue weighted by atomic mass is 16.4. The molecule has 0 saturated carbocycles. The number of amides is 1. The minimum atomic E-state index is -0.974. The summed E-state index contributed by atoms with van der Waals surface area (Å²) in [6.45, 7) is 2.89. The zero-order valence-electron chi connectivity index (χ0n) is 8.36. The highest BCUT2D eigenvalue weighted by Gasteiger charge is 2.29. The van der Waals surface area contributed by atoms with Crippen LogP contribution in [0.3, 0.4) is 0 Å². The van der Waals surface area contributed by atoms with Gasteiger partial charge in [0.15, 0.2) is 0 Å². The Kier molecular flexibility index (Phi) is 2.19. The third-order valence-electron chi connectivity index (χ3n) is 2.65. The molecule has 1 aliphatic heterocycles. The predicted octanol–water partition coefficient (Wildman–Crippen LogP) is 1.36. The van der Waals surface area contributed by atoms with Crippen molar-refractivity contribution in [3.8, 4) is 0 Å². The number of rotatable bonds is 2. The fraction of sp³-hybridized carbons (Fsp3) is 0.273. The van der Waals surface area contributed by atoms with Crippen LogP contribution in [0.5, 0.6) is 0 Å². The number of hydrogen-bond acceptors (Lipinski definition) is 2. The molecule has 4 heteroatoms. The molecule has 1 heterocycles. The lowest BCUT2D eigenvalue weighted by Crippen LogP contribution is -2.22. The van der Waals surface area contributed by atoms with E-state index >= 15 is 0 Å². The minimum Gasteiger partial charge on any atom is -0.478 e. The predicted molar refractivity (Wildman–Crippen MR) is 53.8 cm³/mol. The van der Waals surface area contributed by atoms with E-state index in [4.69, 9.17) is 5.11 Å². The highest BCUT2D eigenvalue weighted by Crippen LogP contribution is 2.25. The number of carbonyl (C=O) groups excluding carboxylic acids is 1. The van der Waals surface area contributed by atoms with E-state index in [0.717, 1.165) is 0 Å². The molecule has 1 aromatic rings. The van der Waals surface area contributed by atoms with Crippen molar-refractivity contribution in [3.05, 3.63) is 34.9 Å². The molecule has 1 N–H and O–H groups in total. The van der Waals surface area contributed by atoms with E-state index in [1.54, 1.807) is 17.0 Å². The van der Waals surface area contributed by atoms with Gasteiger partial charge in [0.25, 0.3) is 5.91 Å². The zero-order chi connectivity index (χ0) is 11.0. The van der Waals surface area contributed by atoms with Crippen LogP contribution in [0.15, 0.2) is 18.2 Å². The van der Waals surface area contributed by atoms with E-state index in [-0.39, 0.29) is 11.5 Å². The highest BCUT2D eigenvalue weighted by molar-refractivity contribution is 6.02. The van der Waals surface area contributed by atoms with Crippen LogP contribution in [-0.2, 0) is 6.54 Å². The number of fused-ring (bicyclic) bond motifs is 1. The molecular weight excluding hydrogens is 194 g/mol. The maximum atomic E-state index is 11.7. The average molecular weight is 205 g/mol. The van der Waals surface area contributed by atoms with Crippen molar-refractivity contribution >= 4 is 11.9 Å². The lowest BCUT2D eigenvalue weighted by atomic mass is 10.0. The van der Waals surface area contributed by atoms with Crippen molar-refractivity contribution in [3.63, 3.8) is 0 Å². The topological polar surface area (TPSA) is 57.6 Å². The summed E-state index contributed by atoms with van der Waals surface area (Å²) in [7, 11) is 0.